The number of rotatable bonds is 2. The fraction of sp³-hybridized carbons (Fsp3) is 0.750. The van der Waals surface area contributed by atoms with Crippen LogP contribution in [-0.4, -0.2) is 0 Å². The van der Waals surface area contributed by atoms with Crippen LogP contribution in [0.5, 0.6) is 0 Å². The van der Waals surface area contributed by atoms with Crippen LogP contribution in [0.2, 0.25) is 0 Å². The molecule has 0 saturated heterocycles. The van der Waals surface area contributed by atoms with Gasteiger partial charge in [0.05, 0.1) is 0 Å². The SMILES string of the molecule is [Br][Ti][Br].[CH2-]CCC.[CH2-]CCC. The molecule has 3 heteroatoms. The molecule has 0 unspecified atom stereocenters. The third-order valence-electron chi connectivity index (χ3n) is 0.707. The van der Waals surface area contributed by atoms with Gasteiger partial charge in [0, 0.05) is 0 Å². The topological polar surface area (TPSA) is 0 Å². The summed E-state index contributed by atoms with van der Waals surface area (Å²) in [5, 5.41) is 0. The van der Waals surface area contributed by atoms with Gasteiger partial charge in [-0.05, 0) is 0 Å². The minimum Gasteiger partial charge on any atom is -0.343 e. The fourth-order valence-electron chi connectivity index (χ4n) is 0. The van der Waals surface area contributed by atoms with Crippen molar-refractivity contribution in [3.8, 4) is 0 Å². The first-order chi connectivity index (χ1) is 5.24. The van der Waals surface area contributed by atoms with E-state index < -0.39 is 0 Å². The third-order valence-corrected chi connectivity index (χ3v) is 0.707. The molecule has 0 aliphatic heterocycles. The number of halogens is 2. The Morgan fingerprint density at radius 2 is 1.09 bits per heavy atom. The van der Waals surface area contributed by atoms with Crippen LogP contribution < -0.4 is 0 Å². The summed E-state index contributed by atoms with van der Waals surface area (Å²) in [6.07, 6.45) is 4.56. The van der Waals surface area contributed by atoms with E-state index in [9.17, 15) is 0 Å². The standard InChI is InChI=1S/2C4H9.2BrH.Ti/c2*1-3-4-2;;;/h2*1,3-4H2,2H3;2*1H;/q2*-1;;;+2/p-2. The van der Waals surface area contributed by atoms with Crippen LogP contribution in [0.3, 0.4) is 0 Å². The third kappa shape index (κ3) is 80.9. The average Bonchev–Trinajstić information content (AvgIpc) is 2.06. The molecule has 0 atom stereocenters. The van der Waals surface area contributed by atoms with Crippen molar-refractivity contribution in [3.05, 3.63) is 13.8 Å². The normalized spacial score (nSPS) is 6.73. The molecule has 0 saturated carbocycles. The van der Waals surface area contributed by atoms with Crippen molar-refractivity contribution in [3.63, 3.8) is 0 Å². The molecule has 0 N–H and O–H groups in total. The maximum atomic E-state index is 3.60. The second-order valence-corrected chi connectivity index (χ2v) is 9.66. The molecule has 0 rings (SSSR count). The van der Waals surface area contributed by atoms with Crippen molar-refractivity contribution in [2.24, 2.45) is 0 Å². The van der Waals surface area contributed by atoms with Crippen LogP contribution >= 0.6 is 26.3 Å². The Morgan fingerprint density at radius 1 is 1.00 bits per heavy atom. The van der Waals surface area contributed by atoms with Crippen molar-refractivity contribution in [2.75, 3.05) is 0 Å². The monoisotopic (exact) mass is 320 g/mol. The van der Waals surface area contributed by atoms with Gasteiger partial charge in [-0.1, -0.05) is 26.7 Å². The minimum absolute atomic E-state index is 0.125. The van der Waals surface area contributed by atoms with E-state index in [1.807, 2.05) is 0 Å². The second kappa shape index (κ2) is 29.9. The van der Waals surface area contributed by atoms with Crippen molar-refractivity contribution in [2.45, 2.75) is 39.5 Å². The van der Waals surface area contributed by atoms with Crippen LogP contribution in [0.4, 0.5) is 0 Å². The summed E-state index contributed by atoms with van der Waals surface area (Å²) in [5.74, 6) is 0. The van der Waals surface area contributed by atoms with Crippen molar-refractivity contribution >= 4 is 26.3 Å². The van der Waals surface area contributed by atoms with Gasteiger partial charge in [-0.15, -0.1) is 0 Å². The fourth-order valence-corrected chi connectivity index (χ4v) is 0. The Balaban J connectivity index is -0.0000000886. The second-order valence-electron chi connectivity index (χ2n) is 1.78. The molecule has 0 aliphatic carbocycles. The predicted octanol–water partition coefficient (Wildman–Crippen LogP) is 4.93. The molecule has 70 valence electrons. The quantitative estimate of drug-likeness (QED) is 0.499. The van der Waals surface area contributed by atoms with Crippen LogP contribution in [-0.2, 0) is 15.0 Å². The van der Waals surface area contributed by atoms with Crippen LogP contribution in [0.1, 0.15) is 39.5 Å². The molecule has 0 amide bonds. The first-order valence-corrected chi connectivity index (χ1v) is 11.5. The van der Waals surface area contributed by atoms with Gasteiger partial charge >= 0.3 is 41.3 Å². The smallest absolute Gasteiger partial charge is 0.0678 e. The molecular formula is C8H18Br2Ti-2. The first-order valence-electron chi connectivity index (χ1n) is 3.79. The summed E-state index contributed by atoms with van der Waals surface area (Å²) in [5.41, 5.74) is 0. The van der Waals surface area contributed by atoms with Crippen molar-refractivity contribution in [1.82, 2.24) is 0 Å². The molecule has 0 fully saturated rings. The zero-order valence-electron chi connectivity index (χ0n) is 7.50. The van der Waals surface area contributed by atoms with Gasteiger partial charge in [0.15, 0.2) is 0 Å². The van der Waals surface area contributed by atoms with E-state index in [1.165, 1.54) is 12.8 Å². The molecule has 0 aromatic heterocycles. The molecule has 11 heavy (non-hydrogen) atoms. The Kier molecular flexibility index (Phi) is 50.1. The van der Waals surface area contributed by atoms with Gasteiger partial charge in [0.1, 0.15) is 0 Å². The minimum atomic E-state index is 0.125. The van der Waals surface area contributed by atoms with Gasteiger partial charge < -0.3 is 13.8 Å². The van der Waals surface area contributed by atoms with Crippen molar-refractivity contribution in [1.29, 1.82) is 0 Å². The van der Waals surface area contributed by atoms with Crippen LogP contribution in [0.15, 0.2) is 0 Å². The summed E-state index contributed by atoms with van der Waals surface area (Å²) in [4.78, 5) is 0. The summed E-state index contributed by atoms with van der Waals surface area (Å²) in [7, 11) is 0. The van der Waals surface area contributed by atoms with E-state index in [1.54, 1.807) is 0 Å². The average molecular weight is 322 g/mol. The molecule has 0 heterocycles. The maximum absolute atomic E-state index is 3.60. The summed E-state index contributed by atoms with van der Waals surface area (Å²) in [6.45, 7) is 11.4. The number of hydrogen-bond donors (Lipinski definition) is 0. The van der Waals surface area contributed by atoms with Crippen molar-refractivity contribution < 1.29 is 15.0 Å². The van der Waals surface area contributed by atoms with E-state index in [4.69, 9.17) is 0 Å². The number of hydrogen-bond acceptors (Lipinski definition) is 0. The summed E-state index contributed by atoms with van der Waals surface area (Å²) in [6, 6.07) is 0. The van der Waals surface area contributed by atoms with E-state index in [0.29, 0.717) is 0 Å². The van der Waals surface area contributed by atoms with E-state index in [2.05, 4.69) is 54.0 Å². The van der Waals surface area contributed by atoms with E-state index in [-0.39, 0.29) is 15.0 Å². The maximum Gasteiger partial charge on any atom is -0.0678 e. The Hall–Kier alpha value is 1.67. The Bertz CT molecular complexity index is 27.3. The Morgan fingerprint density at radius 3 is 1.09 bits per heavy atom. The molecule has 0 aromatic rings. The zero-order chi connectivity index (χ0) is 9.54. The summed E-state index contributed by atoms with van der Waals surface area (Å²) >= 11 is 6.50. The molecule has 0 aromatic carbocycles. The molecule has 0 aliphatic rings. The van der Waals surface area contributed by atoms with E-state index >= 15 is 0 Å². The number of unbranched alkanes of at least 4 members (excludes halogenated alkanes) is 2. The van der Waals surface area contributed by atoms with Crippen LogP contribution in [0, 0.1) is 13.8 Å². The van der Waals surface area contributed by atoms with Gasteiger partial charge in [0.25, 0.3) is 0 Å². The first kappa shape index (κ1) is 18.5. The van der Waals surface area contributed by atoms with Gasteiger partial charge in [-0.2, -0.15) is 12.8 Å². The van der Waals surface area contributed by atoms with E-state index in [0.717, 1.165) is 12.8 Å². The molecule has 0 nitrogen and oxygen atoms in total. The van der Waals surface area contributed by atoms with Crippen LogP contribution in [0.25, 0.3) is 0 Å². The largest absolute Gasteiger partial charge is 0.343 e. The zero-order valence-corrected chi connectivity index (χ0v) is 12.2. The summed E-state index contributed by atoms with van der Waals surface area (Å²) < 4.78 is 0. The molecular weight excluding hydrogens is 304 g/mol. The molecule has 0 bridgehead atoms. The van der Waals surface area contributed by atoms with Gasteiger partial charge in [-0.3, -0.25) is 0 Å². The molecule has 0 spiro atoms. The Labute approximate surface area is 93.9 Å². The molecule has 0 radical (unpaired) electrons. The van der Waals surface area contributed by atoms with Gasteiger partial charge in [0.2, 0.25) is 0 Å². The van der Waals surface area contributed by atoms with Gasteiger partial charge in [-0.25, -0.2) is 0 Å². The predicted molar refractivity (Wildman–Crippen MR) is 58.4 cm³/mol.